The highest BCUT2D eigenvalue weighted by Gasteiger charge is 2.23. The highest BCUT2D eigenvalue weighted by molar-refractivity contribution is 5.54. The first-order valence-electron chi connectivity index (χ1n) is 5.98. The van der Waals surface area contributed by atoms with Crippen molar-refractivity contribution < 1.29 is 0 Å². The molecule has 0 aliphatic carbocycles. The molecule has 0 bridgehead atoms. The fourth-order valence-electron chi connectivity index (χ4n) is 2.42. The van der Waals surface area contributed by atoms with Gasteiger partial charge in [-0.3, -0.25) is 0 Å². The third kappa shape index (κ3) is 2.01. The third-order valence-corrected chi connectivity index (χ3v) is 3.28. The Morgan fingerprint density at radius 2 is 2.44 bits per heavy atom. The summed E-state index contributed by atoms with van der Waals surface area (Å²) in [5, 5.41) is 9.09. The predicted octanol–water partition coefficient (Wildman–Crippen LogP) is 2.72. The van der Waals surface area contributed by atoms with Gasteiger partial charge in [-0.05, 0) is 37.8 Å². The Balaban J connectivity index is 2.31. The van der Waals surface area contributed by atoms with Crippen LogP contribution >= 0.6 is 0 Å². The third-order valence-electron chi connectivity index (χ3n) is 3.28. The normalized spacial score (nSPS) is 20.5. The molecule has 1 unspecified atom stereocenters. The lowest BCUT2D eigenvalue weighted by Crippen LogP contribution is -2.40. The molecule has 1 saturated heterocycles. The number of hydrogen-bond donors (Lipinski definition) is 0. The van der Waals surface area contributed by atoms with E-state index < -0.39 is 0 Å². The van der Waals surface area contributed by atoms with Gasteiger partial charge in [0, 0.05) is 18.8 Å². The highest BCUT2D eigenvalue weighted by atomic mass is 15.2. The molecule has 1 atom stereocenters. The van der Waals surface area contributed by atoms with Crippen LogP contribution < -0.4 is 4.90 Å². The van der Waals surface area contributed by atoms with E-state index in [9.17, 15) is 0 Å². The van der Waals surface area contributed by atoms with Crippen molar-refractivity contribution in [3.8, 4) is 6.07 Å². The molecule has 0 radical (unpaired) electrons. The molecular weight excluding hydrogens is 198 g/mol. The Morgan fingerprint density at radius 1 is 1.56 bits per heavy atom. The van der Waals surface area contributed by atoms with Crippen molar-refractivity contribution in [1.82, 2.24) is 4.98 Å². The van der Waals surface area contributed by atoms with Crippen LogP contribution in [0.15, 0.2) is 18.3 Å². The summed E-state index contributed by atoms with van der Waals surface area (Å²) in [6.07, 6.45) is 6.62. The largest absolute Gasteiger partial charge is 0.353 e. The Bertz CT molecular complexity index is 394. The standard InChI is InChI=1S/C13H17N3/c1-2-12-7-3-4-9-16(12)13-11(10-14)6-5-8-15-13/h5-6,8,12H,2-4,7,9H2,1H3. The van der Waals surface area contributed by atoms with Gasteiger partial charge in [-0.15, -0.1) is 0 Å². The van der Waals surface area contributed by atoms with E-state index in [1.807, 2.05) is 12.1 Å². The molecule has 2 heterocycles. The average Bonchev–Trinajstić information content (AvgIpc) is 2.38. The summed E-state index contributed by atoms with van der Waals surface area (Å²) in [7, 11) is 0. The van der Waals surface area contributed by atoms with Gasteiger partial charge in [0.1, 0.15) is 11.9 Å². The van der Waals surface area contributed by atoms with Crippen LogP contribution in [0.25, 0.3) is 0 Å². The molecule has 84 valence electrons. The summed E-state index contributed by atoms with van der Waals surface area (Å²) in [5.41, 5.74) is 0.697. The maximum Gasteiger partial charge on any atom is 0.146 e. The van der Waals surface area contributed by atoms with Gasteiger partial charge >= 0.3 is 0 Å². The van der Waals surface area contributed by atoms with E-state index in [1.165, 1.54) is 19.3 Å². The lowest BCUT2D eigenvalue weighted by atomic mass is 9.99. The molecule has 1 aromatic heterocycles. The summed E-state index contributed by atoms with van der Waals surface area (Å²) in [5.74, 6) is 0.872. The second-order valence-electron chi connectivity index (χ2n) is 4.24. The summed E-state index contributed by atoms with van der Waals surface area (Å²) >= 11 is 0. The SMILES string of the molecule is CCC1CCCCN1c1ncccc1C#N. The highest BCUT2D eigenvalue weighted by Crippen LogP contribution is 2.26. The fourth-order valence-corrected chi connectivity index (χ4v) is 2.42. The Labute approximate surface area is 96.7 Å². The van der Waals surface area contributed by atoms with Crippen LogP contribution in [0, 0.1) is 11.3 Å². The van der Waals surface area contributed by atoms with Crippen molar-refractivity contribution in [2.24, 2.45) is 0 Å². The summed E-state index contributed by atoms with van der Waals surface area (Å²) in [4.78, 5) is 6.68. The zero-order valence-corrected chi connectivity index (χ0v) is 9.69. The van der Waals surface area contributed by atoms with Crippen LogP contribution in [-0.2, 0) is 0 Å². The first-order valence-corrected chi connectivity index (χ1v) is 5.98. The maximum atomic E-state index is 9.09. The molecule has 1 aliphatic rings. The molecule has 1 aromatic rings. The molecule has 1 aliphatic heterocycles. The minimum Gasteiger partial charge on any atom is -0.353 e. The van der Waals surface area contributed by atoms with Gasteiger partial charge in [0.25, 0.3) is 0 Å². The number of aromatic nitrogens is 1. The van der Waals surface area contributed by atoms with Crippen molar-refractivity contribution >= 4 is 5.82 Å². The Morgan fingerprint density at radius 3 is 3.19 bits per heavy atom. The van der Waals surface area contributed by atoms with Gasteiger partial charge in [-0.1, -0.05) is 6.92 Å². The number of piperidine rings is 1. The van der Waals surface area contributed by atoms with Crippen LogP contribution in [0.1, 0.15) is 38.2 Å². The van der Waals surface area contributed by atoms with E-state index in [1.54, 1.807) is 6.20 Å². The van der Waals surface area contributed by atoms with E-state index in [2.05, 4.69) is 22.9 Å². The minimum atomic E-state index is 0.552. The van der Waals surface area contributed by atoms with E-state index >= 15 is 0 Å². The van der Waals surface area contributed by atoms with E-state index in [0.717, 1.165) is 18.8 Å². The zero-order valence-electron chi connectivity index (χ0n) is 9.69. The van der Waals surface area contributed by atoms with Gasteiger partial charge in [0.15, 0.2) is 0 Å². The molecule has 0 spiro atoms. The number of nitrogens with zero attached hydrogens (tertiary/aromatic N) is 3. The van der Waals surface area contributed by atoms with Crippen LogP contribution in [0.5, 0.6) is 0 Å². The number of hydrogen-bond acceptors (Lipinski definition) is 3. The summed E-state index contributed by atoms with van der Waals surface area (Å²) in [6.45, 7) is 3.24. The van der Waals surface area contributed by atoms with Crippen LogP contribution in [0.2, 0.25) is 0 Å². The number of pyridine rings is 1. The first-order chi connectivity index (χ1) is 7.86. The maximum absolute atomic E-state index is 9.09. The van der Waals surface area contributed by atoms with Gasteiger partial charge in [-0.25, -0.2) is 4.98 Å². The number of anilines is 1. The summed E-state index contributed by atoms with van der Waals surface area (Å²) < 4.78 is 0. The minimum absolute atomic E-state index is 0.552. The molecule has 0 saturated carbocycles. The van der Waals surface area contributed by atoms with Gasteiger partial charge in [0.2, 0.25) is 0 Å². The van der Waals surface area contributed by atoms with Crippen molar-refractivity contribution in [2.45, 2.75) is 38.6 Å². The van der Waals surface area contributed by atoms with E-state index in [-0.39, 0.29) is 0 Å². The lowest BCUT2D eigenvalue weighted by molar-refractivity contribution is 0.446. The molecule has 0 aromatic carbocycles. The molecule has 16 heavy (non-hydrogen) atoms. The first kappa shape index (κ1) is 10.9. The number of nitriles is 1. The average molecular weight is 215 g/mol. The number of rotatable bonds is 2. The van der Waals surface area contributed by atoms with Crippen molar-refractivity contribution in [3.63, 3.8) is 0 Å². The van der Waals surface area contributed by atoms with Crippen molar-refractivity contribution in [3.05, 3.63) is 23.9 Å². The van der Waals surface area contributed by atoms with Crippen molar-refractivity contribution in [1.29, 1.82) is 5.26 Å². The second kappa shape index (κ2) is 4.98. The second-order valence-corrected chi connectivity index (χ2v) is 4.24. The molecule has 0 amide bonds. The smallest absolute Gasteiger partial charge is 0.146 e. The quantitative estimate of drug-likeness (QED) is 0.761. The molecule has 3 heteroatoms. The fraction of sp³-hybridized carbons (Fsp3) is 0.538. The topological polar surface area (TPSA) is 39.9 Å². The van der Waals surface area contributed by atoms with E-state index in [0.29, 0.717) is 11.6 Å². The molecule has 3 nitrogen and oxygen atoms in total. The van der Waals surface area contributed by atoms with Gasteiger partial charge in [-0.2, -0.15) is 5.26 Å². The monoisotopic (exact) mass is 215 g/mol. The van der Waals surface area contributed by atoms with Crippen molar-refractivity contribution in [2.75, 3.05) is 11.4 Å². The van der Waals surface area contributed by atoms with Gasteiger partial charge in [0.05, 0.1) is 5.56 Å². The molecule has 1 fully saturated rings. The van der Waals surface area contributed by atoms with Crippen LogP contribution in [-0.4, -0.2) is 17.6 Å². The Hall–Kier alpha value is -1.56. The Kier molecular flexibility index (Phi) is 3.40. The predicted molar refractivity (Wildman–Crippen MR) is 64.2 cm³/mol. The summed E-state index contributed by atoms with van der Waals surface area (Å²) in [6, 6.07) is 6.46. The van der Waals surface area contributed by atoms with Crippen LogP contribution in [0.4, 0.5) is 5.82 Å². The molecular formula is C13H17N3. The molecule has 0 N–H and O–H groups in total. The van der Waals surface area contributed by atoms with E-state index in [4.69, 9.17) is 5.26 Å². The molecule has 2 rings (SSSR count). The zero-order chi connectivity index (χ0) is 11.4. The van der Waals surface area contributed by atoms with Gasteiger partial charge < -0.3 is 4.90 Å². The lowest BCUT2D eigenvalue weighted by Gasteiger charge is -2.36. The van der Waals surface area contributed by atoms with Crippen LogP contribution in [0.3, 0.4) is 0 Å².